The van der Waals surface area contributed by atoms with Gasteiger partial charge in [0.2, 0.25) is 11.1 Å². The summed E-state index contributed by atoms with van der Waals surface area (Å²) in [7, 11) is 0. The Morgan fingerprint density at radius 2 is 1.94 bits per heavy atom. The molecule has 7 nitrogen and oxygen atoms in total. The third kappa shape index (κ3) is 5.57. The Hall–Kier alpha value is -3.27. The number of aryl methyl sites for hydroxylation is 1. The van der Waals surface area contributed by atoms with Crippen molar-refractivity contribution in [1.29, 1.82) is 0 Å². The van der Waals surface area contributed by atoms with E-state index in [9.17, 15) is 13.6 Å². The van der Waals surface area contributed by atoms with Crippen LogP contribution in [0.1, 0.15) is 18.9 Å². The number of ether oxygens (including phenoxy) is 1. The minimum absolute atomic E-state index is 0.109. The first-order valence-electron chi connectivity index (χ1n) is 10.6. The molecule has 2 aromatic carbocycles. The summed E-state index contributed by atoms with van der Waals surface area (Å²) in [6, 6.07) is 14.4. The van der Waals surface area contributed by atoms with Crippen LogP contribution >= 0.6 is 11.8 Å². The number of fused-ring (bicyclic) bond motifs is 3. The molecule has 172 valence electrons. The van der Waals surface area contributed by atoms with Crippen molar-refractivity contribution in [2.75, 3.05) is 12.3 Å². The molecule has 1 N–H and O–H groups in total. The van der Waals surface area contributed by atoms with Gasteiger partial charge < -0.3 is 14.6 Å². The number of carbonyl (C=O) groups is 1. The summed E-state index contributed by atoms with van der Waals surface area (Å²) in [5.74, 6) is 0.135. The highest BCUT2D eigenvalue weighted by atomic mass is 32.2. The number of thioether (sulfide) groups is 1. The molecular weight excluding hydrogens is 448 g/mol. The van der Waals surface area contributed by atoms with Gasteiger partial charge in [0.25, 0.3) is 0 Å². The lowest BCUT2D eigenvalue weighted by atomic mass is 10.1. The average Bonchev–Trinajstić information content (AvgIpc) is 3.12. The number of nitrogens with zero attached hydrogens (tertiary/aromatic N) is 4. The molecule has 0 fully saturated rings. The Balaban J connectivity index is 1.33. The smallest absolute Gasteiger partial charge is 0.387 e. The van der Waals surface area contributed by atoms with E-state index >= 15 is 0 Å². The highest BCUT2D eigenvalue weighted by Gasteiger charge is 2.15. The van der Waals surface area contributed by atoms with E-state index in [1.165, 1.54) is 23.9 Å². The van der Waals surface area contributed by atoms with E-state index in [-0.39, 0.29) is 17.4 Å². The molecule has 0 spiro atoms. The van der Waals surface area contributed by atoms with Crippen LogP contribution < -0.4 is 10.1 Å². The molecule has 0 aliphatic rings. The van der Waals surface area contributed by atoms with Crippen LogP contribution in [0.2, 0.25) is 0 Å². The second-order valence-corrected chi connectivity index (χ2v) is 8.29. The van der Waals surface area contributed by atoms with Crippen LogP contribution in [0.5, 0.6) is 5.75 Å². The van der Waals surface area contributed by atoms with Crippen LogP contribution in [0.15, 0.2) is 53.7 Å². The second kappa shape index (κ2) is 10.6. The third-order valence-electron chi connectivity index (χ3n) is 5.02. The maximum absolute atomic E-state index is 12.2. The van der Waals surface area contributed by atoms with Gasteiger partial charge in [0.05, 0.1) is 11.3 Å². The molecule has 0 saturated carbocycles. The number of alkyl halides is 2. The largest absolute Gasteiger partial charge is 0.435 e. The second-order valence-electron chi connectivity index (χ2n) is 7.35. The molecule has 1 amide bonds. The summed E-state index contributed by atoms with van der Waals surface area (Å²) >= 11 is 1.24. The van der Waals surface area contributed by atoms with Gasteiger partial charge in [-0.2, -0.15) is 8.78 Å². The minimum atomic E-state index is -2.84. The van der Waals surface area contributed by atoms with Crippen molar-refractivity contribution < 1.29 is 18.3 Å². The summed E-state index contributed by atoms with van der Waals surface area (Å²) in [6.45, 7) is 0.517. The van der Waals surface area contributed by atoms with Crippen molar-refractivity contribution >= 4 is 39.7 Å². The number of para-hydroxylation sites is 1. The van der Waals surface area contributed by atoms with E-state index in [0.29, 0.717) is 18.1 Å². The van der Waals surface area contributed by atoms with Crippen molar-refractivity contribution in [2.24, 2.45) is 0 Å². The van der Waals surface area contributed by atoms with Crippen LogP contribution in [0.25, 0.3) is 22.1 Å². The standard InChI is InChI=1S/C23H23F2N5O2S/c1-2-13-30-18-6-4-3-5-17(18)20-21(30)27-23(29-28-20)33-14-19(31)26-12-11-15-7-9-16(10-8-15)32-22(24)25/h3-10,22H,2,11-14H2,1H3,(H,26,31). The SMILES string of the molecule is CCCn1c2ccccc2c2nnc(SCC(=O)NCCc3ccc(OC(F)F)cc3)nc21. The quantitative estimate of drug-likeness (QED) is 0.344. The number of hydrogen-bond donors (Lipinski definition) is 1. The number of nitrogens with one attached hydrogen (secondary N) is 1. The summed E-state index contributed by atoms with van der Waals surface area (Å²) < 4.78 is 30.9. The summed E-state index contributed by atoms with van der Waals surface area (Å²) in [6.07, 6.45) is 1.54. The maximum Gasteiger partial charge on any atom is 0.387 e. The van der Waals surface area contributed by atoms with Crippen LogP contribution in [-0.4, -0.2) is 44.6 Å². The highest BCUT2D eigenvalue weighted by molar-refractivity contribution is 7.99. The Labute approximate surface area is 193 Å². The number of amides is 1. The van der Waals surface area contributed by atoms with Gasteiger partial charge in [0.1, 0.15) is 11.3 Å². The molecule has 4 aromatic rings. The van der Waals surface area contributed by atoms with Crippen molar-refractivity contribution in [3.63, 3.8) is 0 Å². The normalized spacial score (nSPS) is 11.4. The molecule has 10 heteroatoms. The van der Waals surface area contributed by atoms with Crippen LogP contribution in [0.4, 0.5) is 8.78 Å². The Morgan fingerprint density at radius 1 is 1.15 bits per heavy atom. The van der Waals surface area contributed by atoms with Crippen LogP contribution in [0.3, 0.4) is 0 Å². The molecule has 4 rings (SSSR count). The molecule has 0 saturated heterocycles. The number of halogens is 2. The van der Waals surface area contributed by atoms with E-state index in [2.05, 4.69) is 36.7 Å². The fraction of sp³-hybridized carbons (Fsp3) is 0.304. The molecule has 33 heavy (non-hydrogen) atoms. The molecule has 0 atom stereocenters. The minimum Gasteiger partial charge on any atom is -0.435 e. The van der Waals surface area contributed by atoms with Crippen molar-refractivity contribution in [3.05, 3.63) is 54.1 Å². The van der Waals surface area contributed by atoms with Gasteiger partial charge in [-0.05, 0) is 36.6 Å². The van der Waals surface area contributed by atoms with Gasteiger partial charge in [0, 0.05) is 18.5 Å². The van der Waals surface area contributed by atoms with Crippen molar-refractivity contribution in [1.82, 2.24) is 25.1 Å². The first kappa shape index (κ1) is 22.9. The molecule has 2 aromatic heterocycles. The number of carbonyl (C=O) groups excluding carboxylic acids is 1. The zero-order valence-corrected chi connectivity index (χ0v) is 18.8. The third-order valence-corrected chi connectivity index (χ3v) is 5.86. The van der Waals surface area contributed by atoms with E-state index in [1.54, 1.807) is 12.1 Å². The number of aromatic nitrogens is 4. The molecule has 0 unspecified atom stereocenters. The predicted octanol–water partition coefficient (Wildman–Crippen LogP) is 4.44. The fourth-order valence-corrected chi connectivity index (χ4v) is 4.18. The summed E-state index contributed by atoms with van der Waals surface area (Å²) in [5.41, 5.74) is 3.52. The monoisotopic (exact) mass is 471 g/mol. The number of hydrogen-bond acceptors (Lipinski definition) is 6. The topological polar surface area (TPSA) is 81.9 Å². The highest BCUT2D eigenvalue weighted by Crippen LogP contribution is 2.27. The molecule has 0 bridgehead atoms. The van der Waals surface area contributed by atoms with E-state index in [4.69, 9.17) is 0 Å². The number of rotatable bonds is 10. The molecular formula is C23H23F2N5O2S. The van der Waals surface area contributed by atoms with Gasteiger partial charge in [0.15, 0.2) is 5.65 Å². The molecule has 0 aliphatic heterocycles. The Kier molecular flexibility index (Phi) is 7.33. The van der Waals surface area contributed by atoms with Crippen molar-refractivity contribution in [3.8, 4) is 5.75 Å². The predicted molar refractivity (Wildman–Crippen MR) is 124 cm³/mol. The zero-order valence-electron chi connectivity index (χ0n) is 18.0. The van der Waals surface area contributed by atoms with Gasteiger partial charge in [-0.3, -0.25) is 4.79 Å². The van der Waals surface area contributed by atoms with E-state index < -0.39 is 6.61 Å². The lowest BCUT2D eigenvalue weighted by Gasteiger charge is -2.07. The van der Waals surface area contributed by atoms with E-state index in [0.717, 1.165) is 40.6 Å². The maximum atomic E-state index is 12.2. The molecule has 2 heterocycles. The lowest BCUT2D eigenvalue weighted by molar-refractivity contribution is -0.118. The average molecular weight is 472 g/mol. The van der Waals surface area contributed by atoms with Crippen LogP contribution in [-0.2, 0) is 17.8 Å². The van der Waals surface area contributed by atoms with Gasteiger partial charge >= 0.3 is 6.61 Å². The fourth-order valence-electron chi connectivity index (χ4n) is 3.57. The number of benzene rings is 2. The lowest BCUT2D eigenvalue weighted by Crippen LogP contribution is -2.27. The van der Waals surface area contributed by atoms with E-state index in [1.807, 2.05) is 24.3 Å². The summed E-state index contributed by atoms with van der Waals surface area (Å²) in [5, 5.41) is 12.9. The van der Waals surface area contributed by atoms with Crippen LogP contribution in [0, 0.1) is 0 Å². The first-order chi connectivity index (χ1) is 16.0. The molecule has 0 aliphatic carbocycles. The zero-order chi connectivity index (χ0) is 23.2. The van der Waals surface area contributed by atoms with Gasteiger partial charge in [-0.1, -0.05) is 49.0 Å². The Bertz CT molecular complexity index is 1250. The van der Waals surface area contributed by atoms with Gasteiger partial charge in [-0.15, -0.1) is 10.2 Å². The summed E-state index contributed by atoms with van der Waals surface area (Å²) in [4.78, 5) is 16.9. The Morgan fingerprint density at radius 3 is 2.70 bits per heavy atom. The van der Waals surface area contributed by atoms with Crippen molar-refractivity contribution in [2.45, 2.75) is 38.1 Å². The first-order valence-corrected chi connectivity index (χ1v) is 11.6. The molecule has 0 radical (unpaired) electrons. The van der Waals surface area contributed by atoms with Gasteiger partial charge in [-0.25, -0.2) is 4.98 Å².